The smallest absolute Gasteiger partial charge is 0.264 e. The van der Waals surface area contributed by atoms with Crippen LogP contribution in [0.15, 0.2) is 85.7 Å². The molecule has 240 valence electrons. The van der Waals surface area contributed by atoms with Gasteiger partial charge in [0.05, 0.1) is 23.2 Å². The number of nitrogens with one attached hydrogen (secondary N) is 2. The number of nitrogens with zero attached hydrogens (tertiary/aromatic N) is 5. The SMILES string of the molecule is CC(=O)n1ccc2cc(Oc3cc(COS(C)(=O)=O)ncn3)ccc21.CN.CNCc1cc(Oc2ccc3[nH]ccc3c2)ncn1. The standard InChI is InChI=1S/C16H15N3O5S.C14H14N4O.CH5N/c1-11(20)19-6-5-12-7-14(3-4-15(12)19)24-16-8-13(17-10-18-16)9-23-25(2,21)22;1-15-8-11-7-14(18-9-17-11)19-12-2-3-13-10(6-12)4-5-16-13;1-2/h3-8,10H,9H2,1-2H3;2-7,9,15-16H,8H2,1H3;2H2,1H3. The highest BCUT2D eigenvalue weighted by atomic mass is 32.2. The Morgan fingerprint density at radius 1 is 0.870 bits per heavy atom. The number of ether oxygens (including phenoxy) is 2. The summed E-state index contributed by atoms with van der Waals surface area (Å²) in [5.74, 6) is 2.03. The fraction of sp³-hybridized carbons (Fsp3) is 0.194. The molecule has 0 unspecified atom stereocenters. The summed E-state index contributed by atoms with van der Waals surface area (Å²) in [4.78, 5) is 30.9. The molecule has 0 bridgehead atoms. The molecule has 0 spiro atoms. The minimum atomic E-state index is -3.55. The molecular weight excluding hydrogens is 612 g/mol. The number of nitrogens with two attached hydrogens (primary N) is 1. The number of carbonyl (C=O) groups is 1. The highest BCUT2D eigenvalue weighted by molar-refractivity contribution is 7.85. The van der Waals surface area contributed by atoms with Gasteiger partial charge in [-0.1, -0.05) is 0 Å². The van der Waals surface area contributed by atoms with Crippen LogP contribution in [0.2, 0.25) is 0 Å². The normalized spacial score (nSPS) is 10.9. The van der Waals surface area contributed by atoms with E-state index in [0.29, 0.717) is 23.9 Å². The molecule has 6 aromatic rings. The van der Waals surface area contributed by atoms with Gasteiger partial charge in [-0.3, -0.25) is 13.5 Å². The summed E-state index contributed by atoms with van der Waals surface area (Å²) in [6, 6.07) is 18.3. The number of aromatic nitrogens is 6. The largest absolute Gasteiger partial charge is 0.439 e. The first-order valence-electron chi connectivity index (χ1n) is 13.9. The Labute approximate surface area is 265 Å². The molecule has 0 fully saturated rings. The summed E-state index contributed by atoms with van der Waals surface area (Å²) in [6.07, 6.45) is 7.35. The quantitative estimate of drug-likeness (QED) is 0.188. The van der Waals surface area contributed by atoms with Crippen LogP contribution >= 0.6 is 0 Å². The molecule has 0 atom stereocenters. The molecular formula is C31H34N8O6S. The van der Waals surface area contributed by atoms with E-state index in [1.165, 1.54) is 32.7 Å². The van der Waals surface area contributed by atoms with Crippen LogP contribution in [0.25, 0.3) is 21.8 Å². The third kappa shape index (κ3) is 9.39. The van der Waals surface area contributed by atoms with Crippen molar-refractivity contribution in [2.45, 2.75) is 20.1 Å². The van der Waals surface area contributed by atoms with Crippen LogP contribution in [0.4, 0.5) is 0 Å². The van der Waals surface area contributed by atoms with Crippen molar-refractivity contribution in [3.05, 3.63) is 97.1 Å². The average molecular weight is 647 g/mol. The van der Waals surface area contributed by atoms with Gasteiger partial charge in [0.15, 0.2) is 0 Å². The molecule has 0 aliphatic heterocycles. The van der Waals surface area contributed by atoms with Crippen LogP contribution in [-0.4, -0.2) is 64.2 Å². The third-order valence-electron chi connectivity index (χ3n) is 6.15. The second-order valence-electron chi connectivity index (χ2n) is 9.55. The Hall–Kier alpha value is -5.22. The Kier molecular flexibility index (Phi) is 11.5. The number of aromatic amines is 1. The third-order valence-corrected chi connectivity index (χ3v) is 6.69. The molecule has 0 saturated heterocycles. The number of fused-ring (bicyclic) bond motifs is 2. The summed E-state index contributed by atoms with van der Waals surface area (Å²) in [5, 5.41) is 5.01. The molecule has 6 rings (SSSR count). The molecule has 0 aliphatic carbocycles. The summed E-state index contributed by atoms with van der Waals surface area (Å²) in [7, 11) is -0.177. The Bertz CT molecular complexity index is 2030. The van der Waals surface area contributed by atoms with Gasteiger partial charge in [0, 0.05) is 54.3 Å². The summed E-state index contributed by atoms with van der Waals surface area (Å²) in [6.45, 7) is 1.98. The topological polar surface area (TPSA) is 189 Å². The zero-order chi connectivity index (χ0) is 33.1. The maximum atomic E-state index is 11.5. The molecule has 2 aromatic carbocycles. The van der Waals surface area contributed by atoms with Crippen molar-refractivity contribution in [2.24, 2.45) is 5.73 Å². The summed E-state index contributed by atoms with van der Waals surface area (Å²) in [5.41, 5.74) is 7.64. The first-order valence-corrected chi connectivity index (χ1v) is 15.7. The molecule has 14 nitrogen and oxygen atoms in total. The lowest BCUT2D eigenvalue weighted by Gasteiger charge is -2.07. The zero-order valence-corrected chi connectivity index (χ0v) is 26.5. The van der Waals surface area contributed by atoms with Crippen LogP contribution in [0.3, 0.4) is 0 Å². The van der Waals surface area contributed by atoms with E-state index in [2.05, 4.69) is 36.0 Å². The average Bonchev–Trinajstić information content (AvgIpc) is 3.68. The van der Waals surface area contributed by atoms with Crippen LogP contribution in [-0.2, 0) is 27.5 Å². The fourth-order valence-corrected chi connectivity index (χ4v) is 4.52. The molecule has 4 N–H and O–H groups in total. The number of carbonyl (C=O) groups excluding carboxylic acids is 1. The number of benzene rings is 2. The highest BCUT2D eigenvalue weighted by Crippen LogP contribution is 2.26. The first kappa shape index (κ1) is 33.7. The Balaban J connectivity index is 0.000000204. The molecule has 0 aliphatic rings. The van der Waals surface area contributed by atoms with E-state index in [0.717, 1.165) is 39.5 Å². The molecule has 0 amide bonds. The van der Waals surface area contributed by atoms with E-state index in [9.17, 15) is 13.2 Å². The lowest BCUT2D eigenvalue weighted by atomic mass is 10.2. The van der Waals surface area contributed by atoms with Gasteiger partial charge in [-0.25, -0.2) is 19.9 Å². The van der Waals surface area contributed by atoms with Crippen molar-refractivity contribution >= 4 is 37.8 Å². The van der Waals surface area contributed by atoms with Gasteiger partial charge >= 0.3 is 0 Å². The molecule has 0 saturated carbocycles. The molecule has 4 aromatic heterocycles. The summed E-state index contributed by atoms with van der Waals surface area (Å²) < 4.78 is 39.7. The predicted molar refractivity (Wildman–Crippen MR) is 173 cm³/mol. The highest BCUT2D eigenvalue weighted by Gasteiger charge is 2.09. The first-order chi connectivity index (χ1) is 22.2. The minimum absolute atomic E-state index is 0.0741. The van der Waals surface area contributed by atoms with Crippen LogP contribution < -0.4 is 20.5 Å². The van der Waals surface area contributed by atoms with Gasteiger partial charge in [0.25, 0.3) is 10.1 Å². The van der Waals surface area contributed by atoms with Crippen LogP contribution in [0, 0.1) is 0 Å². The van der Waals surface area contributed by atoms with Gasteiger partial charge in [-0.2, -0.15) is 8.42 Å². The van der Waals surface area contributed by atoms with E-state index in [1.54, 1.807) is 29.0 Å². The number of hydrogen-bond donors (Lipinski definition) is 3. The van der Waals surface area contributed by atoms with Crippen molar-refractivity contribution in [3.63, 3.8) is 0 Å². The predicted octanol–water partition coefficient (Wildman–Crippen LogP) is 4.40. The molecule has 4 heterocycles. The maximum Gasteiger partial charge on any atom is 0.264 e. The van der Waals surface area contributed by atoms with Crippen LogP contribution in [0.5, 0.6) is 23.3 Å². The maximum absolute atomic E-state index is 11.5. The fourth-order valence-electron chi connectivity index (χ4n) is 4.18. The van der Waals surface area contributed by atoms with E-state index >= 15 is 0 Å². The molecule has 15 heteroatoms. The van der Waals surface area contributed by atoms with Crippen molar-refractivity contribution in [1.29, 1.82) is 0 Å². The second-order valence-corrected chi connectivity index (χ2v) is 11.2. The minimum Gasteiger partial charge on any atom is -0.439 e. The van der Waals surface area contributed by atoms with Gasteiger partial charge in [-0.15, -0.1) is 0 Å². The van der Waals surface area contributed by atoms with Crippen LogP contribution in [0.1, 0.15) is 23.1 Å². The molecule has 0 radical (unpaired) electrons. The zero-order valence-electron chi connectivity index (χ0n) is 25.7. The number of H-pyrrole nitrogens is 1. The summed E-state index contributed by atoms with van der Waals surface area (Å²) >= 11 is 0. The van der Waals surface area contributed by atoms with Crippen molar-refractivity contribution in [1.82, 2.24) is 34.8 Å². The number of rotatable bonds is 9. The second kappa shape index (κ2) is 15.7. The van der Waals surface area contributed by atoms with E-state index in [4.69, 9.17) is 13.7 Å². The number of hydrogen-bond acceptors (Lipinski definition) is 12. The van der Waals surface area contributed by atoms with E-state index in [-0.39, 0.29) is 18.4 Å². The van der Waals surface area contributed by atoms with Gasteiger partial charge in [0.2, 0.25) is 17.7 Å². The van der Waals surface area contributed by atoms with E-state index in [1.807, 2.05) is 49.6 Å². The van der Waals surface area contributed by atoms with Crippen molar-refractivity contribution in [2.75, 3.05) is 20.4 Å². The lowest BCUT2D eigenvalue weighted by Crippen LogP contribution is -2.07. The van der Waals surface area contributed by atoms with Gasteiger partial charge in [0.1, 0.15) is 30.8 Å². The molecule has 46 heavy (non-hydrogen) atoms. The van der Waals surface area contributed by atoms with E-state index < -0.39 is 10.1 Å². The van der Waals surface area contributed by atoms with Crippen molar-refractivity contribution < 1.29 is 26.9 Å². The van der Waals surface area contributed by atoms with Gasteiger partial charge < -0.3 is 25.5 Å². The monoisotopic (exact) mass is 646 g/mol. The lowest BCUT2D eigenvalue weighted by molar-refractivity contribution is 0.0941. The Morgan fingerprint density at radius 3 is 2.15 bits per heavy atom. The van der Waals surface area contributed by atoms with Gasteiger partial charge in [-0.05, 0) is 62.6 Å². The van der Waals surface area contributed by atoms with Crippen molar-refractivity contribution in [3.8, 4) is 23.3 Å². The Morgan fingerprint density at radius 2 is 1.50 bits per heavy atom.